The predicted octanol–water partition coefficient (Wildman–Crippen LogP) is 3.94. The number of hydrogen-bond donors (Lipinski definition) is 0. The van der Waals surface area contributed by atoms with E-state index in [0.717, 1.165) is 4.47 Å². The van der Waals surface area contributed by atoms with Crippen molar-refractivity contribution < 1.29 is 14.4 Å². The molecule has 0 atom stereocenters. The highest BCUT2D eigenvalue weighted by Gasteiger charge is 2.22. The maximum absolute atomic E-state index is 11.2. The Morgan fingerprint density at radius 2 is 2.10 bits per heavy atom. The van der Waals surface area contributed by atoms with Crippen LogP contribution in [-0.2, 0) is 0 Å². The Kier molecular flexibility index (Phi) is 4.52. The monoisotopic (exact) mass is 338 g/mol. The molecule has 2 aromatic rings. The van der Waals surface area contributed by atoms with E-state index < -0.39 is 4.92 Å². The quantitative estimate of drug-likeness (QED) is 0.609. The van der Waals surface area contributed by atoms with Crippen LogP contribution in [0.25, 0.3) is 0 Å². The molecule has 0 saturated carbocycles. The van der Waals surface area contributed by atoms with Gasteiger partial charge < -0.3 is 9.47 Å². The summed E-state index contributed by atoms with van der Waals surface area (Å²) in [6.07, 6.45) is 3.07. The van der Waals surface area contributed by atoms with Gasteiger partial charge >= 0.3 is 5.69 Å². The molecule has 104 valence electrons. The summed E-state index contributed by atoms with van der Waals surface area (Å²) in [5.74, 6) is 0.690. The van der Waals surface area contributed by atoms with Gasteiger partial charge in [-0.25, -0.2) is 0 Å². The first-order chi connectivity index (χ1) is 9.61. The highest BCUT2D eigenvalue weighted by Crippen LogP contribution is 2.39. The number of halogens is 1. The number of ether oxygens (including phenoxy) is 2. The summed E-state index contributed by atoms with van der Waals surface area (Å²) in [7, 11) is 0. The standard InChI is InChI=1S/C13H11BrN2O4/c1-2-19-11-4-3-5-12(13(11)16(17)18)20-10-6-9(14)7-15-8-10/h3-8H,2H2,1H3. The molecule has 0 aliphatic rings. The van der Waals surface area contributed by atoms with Gasteiger partial charge in [0.25, 0.3) is 0 Å². The Bertz CT molecular complexity index is 634. The molecule has 0 amide bonds. The van der Waals surface area contributed by atoms with E-state index in [1.165, 1.54) is 18.3 Å². The number of nitro benzene ring substituents is 1. The molecule has 0 fully saturated rings. The Morgan fingerprint density at radius 3 is 2.75 bits per heavy atom. The van der Waals surface area contributed by atoms with Crippen LogP contribution in [0.3, 0.4) is 0 Å². The number of para-hydroxylation sites is 1. The van der Waals surface area contributed by atoms with E-state index in [2.05, 4.69) is 20.9 Å². The molecule has 7 heteroatoms. The van der Waals surface area contributed by atoms with Crippen LogP contribution in [-0.4, -0.2) is 16.5 Å². The molecular formula is C13H11BrN2O4. The Hall–Kier alpha value is -2.15. The topological polar surface area (TPSA) is 74.5 Å². The van der Waals surface area contributed by atoms with E-state index in [1.807, 2.05) is 0 Å². The van der Waals surface area contributed by atoms with Crippen LogP contribution in [0.15, 0.2) is 41.1 Å². The third-order valence-corrected chi connectivity index (χ3v) is 2.79. The second kappa shape index (κ2) is 6.33. The SMILES string of the molecule is CCOc1cccc(Oc2cncc(Br)c2)c1[N+](=O)[O-]. The lowest BCUT2D eigenvalue weighted by Crippen LogP contribution is -1.99. The van der Waals surface area contributed by atoms with Crippen molar-refractivity contribution in [3.05, 3.63) is 51.2 Å². The molecule has 20 heavy (non-hydrogen) atoms. The van der Waals surface area contributed by atoms with Gasteiger partial charge in [0.2, 0.25) is 11.5 Å². The number of hydrogen-bond acceptors (Lipinski definition) is 5. The molecule has 0 saturated heterocycles. The third-order valence-electron chi connectivity index (χ3n) is 2.35. The van der Waals surface area contributed by atoms with Crippen LogP contribution < -0.4 is 9.47 Å². The van der Waals surface area contributed by atoms with E-state index >= 15 is 0 Å². The lowest BCUT2D eigenvalue weighted by atomic mass is 10.2. The smallest absolute Gasteiger partial charge is 0.352 e. The number of nitro groups is 1. The first-order valence-corrected chi connectivity index (χ1v) is 6.59. The van der Waals surface area contributed by atoms with Gasteiger partial charge in [-0.05, 0) is 41.1 Å². The van der Waals surface area contributed by atoms with Gasteiger partial charge in [-0.2, -0.15) is 0 Å². The number of pyridine rings is 1. The van der Waals surface area contributed by atoms with E-state index in [-0.39, 0.29) is 17.2 Å². The first kappa shape index (κ1) is 14.3. The first-order valence-electron chi connectivity index (χ1n) is 5.80. The zero-order chi connectivity index (χ0) is 14.5. The van der Waals surface area contributed by atoms with Crippen molar-refractivity contribution in [2.24, 2.45) is 0 Å². The third kappa shape index (κ3) is 3.24. The minimum atomic E-state index is -0.522. The number of rotatable bonds is 5. The van der Waals surface area contributed by atoms with Crippen molar-refractivity contribution in [1.29, 1.82) is 0 Å². The van der Waals surface area contributed by atoms with Crippen LogP contribution in [0.1, 0.15) is 6.92 Å². The number of nitrogens with zero attached hydrogens (tertiary/aromatic N) is 2. The minimum Gasteiger partial charge on any atom is -0.487 e. The highest BCUT2D eigenvalue weighted by molar-refractivity contribution is 9.10. The van der Waals surface area contributed by atoms with Gasteiger partial charge in [0.05, 0.1) is 17.7 Å². The molecule has 2 rings (SSSR count). The molecule has 1 aromatic carbocycles. The van der Waals surface area contributed by atoms with Crippen LogP contribution >= 0.6 is 15.9 Å². The molecule has 0 spiro atoms. The van der Waals surface area contributed by atoms with Crippen molar-refractivity contribution in [2.45, 2.75) is 6.92 Å². The van der Waals surface area contributed by atoms with E-state index in [1.54, 1.807) is 25.3 Å². The fraction of sp³-hybridized carbons (Fsp3) is 0.154. The van der Waals surface area contributed by atoms with E-state index in [4.69, 9.17) is 9.47 Å². The second-order valence-electron chi connectivity index (χ2n) is 3.73. The normalized spacial score (nSPS) is 10.1. The van der Waals surface area contributed by atoms with Crippen LogP contribution in [0.5, 0.6) is 17.2 Å². The molecule has 0 aliphatic carbocycles. The van der Waals surface area contributed by atoms with Crippen LogP contribution in [0.2, 0.25) is 0 Å². The van der Waals surface area contributed by atoms with Gasteiger partial charge in [-0.1, -0.05) is 6.07 Å². The fourth-order valence-corrected chi connectivity index (χ4v) is 1.96. The van der Waals surface area contributed by atoms with Crippen LogP contribution in [0, 0.1) is 10.1 Å². The fourth-order valence-electron chi connectivity index (χ4n) is 1.61. The van der Waals surface area contributed by atoms with Gasteiger partial charge in [0.15, 0.2) is 0 Å². The summed E-state index contributed by atoms with van der Waals surface area (Å²) in [6.45, 7) is 2.10. The summed E-state index contributed by atoms with van der Waals surface area (Å²) in [5.41, 5.74) is -0.200. The van der Waals surface area contributed by atoms with Crippen molar-refractivity contribution in [1.82, 2.24) is 4.98 Å². The Balaban J connectivity index is 2.40. The molecule has 0 N–H and O–H groups in total. The summed E-state index contributed by atoms with van der Waals surface area (Å²) in [6, 6.07) is 6.36. The lowest BCUT2D eigenvalue weighted by Gasteiger charge is -2.09. The molecule has 6 nitrogen and oxygen atoms in total. The summed E-state index contributed by atoms with van der Waals surface area (Å²) in [5, 5.41) is 11.2. The van der Waals surface area contributed by atoms with Gasteiger partial charge in [0.1, 0.15) is 5.75 Å². The Morgan fingerprint density at radius 1 is 1.35 bits per heavy atom. The summed E-state index contributed by atoms with van der Waals surface area (Å²) < 4.78 is 11.5. The lowest BCUT2D eigenvalue weighted by molar-refractivity contribution is -0.386. The maximum atomic E-state index is 11.2. The molecule has 1 heterocycles. The van der Waals surface area contributed by atoms with E-state index in [0.29, 0.717) is 12.4 Å². The average Bonchev–Trinajstić information content (AvgIpc) is 2.39. The minimum absolute atomic E-state index is 0.112. The van der Waals surface area contributed by atoms with Crippen molar-refractivity contribution >= 4 is 21.6 Å². The molecule has 0 radical (unpaired) electrons. The Labute approximate surface area is 123 Å². The molecule has 0 aliphatic heterocycles. The van der Waals surface area contributed by atoms with Crippen LogP contribution in [0.4, 0.5) is 5.69 Å². The highest BCUT2D eigenvalue weighted by atomic mass is 79.9. The van der Waals surface area contributed by atoms with Crippen molar-refractivity contribution in [2.75, 3.05) is 6.61 Å². The zero-order valence-corrected chi connectivity index (χ0v) is 12.2. The number of benzene rings is 1. The van der Waals surface area contributed by atoms with Crippen molar-refractivity contribution in [3.8, 4) is 17.2 Å². The van der Waals surface area contributed by atoms with Gasteiger partial charge in [0, 0.05) is 10.7 Å². The van der Waals surface area contributed by atoms with Gasteiger partial charge in [-0.3, -0.25) is 15.1 Å². The molecule has 1 aromatic heterocycles. The average molecular weight is 339 g/mol. The molecular weight excluding hydrogens is 328 g/mol. The maximum Gasteiger partial charge on any atom is 0.352 e. The largest absolute Gasteiger partial charge is 0.487 e. The molecule has 0 bridgehead atoms. The number of aromatic nitrogens is 1. The summed E-state index contributed by atoms with van der Waals surface area (Å²) in [4.78, 5) is 14.6. The predicted molar refractivity (Wildman–Crippen MR) is 76.3 cm³/mol. The van der Waals surface area contributed by atoms with Gasteiger partial charge in [-0.15, -0.1) is 0 Å². The molecule has 0 unspecified atom stereocenters. The second-order valence-corrected chi connectivity index (χ2v) is 4.65. The van der Waals surface area contributed by atoms with Crippen molar-refractivity contribution in [3.63, 3.8) is 0 Å². The summed E-state index contributed by atoms with van der Waals surface area (Å²) >= 11 is 3.26. The van der Waals surface area contributed by atoms with E-state index in [9.17, 15) is 10.1 Å². The zero-order valence-electron chi connectivity index (χ0n) is 10.6.